The molecule has 46 heavy (non-hydrogen) atoms. The monoisotopic (exact) mass is 661 g/mol. The van der Waals surface area contributed by atoms with Gasteiger partial charge in [-0.25, -0.2) is 9.97 Å². The Bertz CT molecular complexity index is 1780. The van der Waals surface area contributed by atoms with Gasteiger partial charge in [0.15, 0.2) is 6.10 Å². The number of esters is 2. The number of hydrogen-bond acceptors (Lipinski definition) is 14. The average Bonchev–Trinajstić information content (AvgIpc) is 3.54. The lowest BCUT2D eigenvalue weighted by molar-refractivity contribution is -0.160. The second-order valence-corrected chi connectivity index (χ2v) is 11.1. The number of ether oxygens (including phenoxy) is 3. The molecule has 4 aromatic rings. The van der Waals surface area contributed by atoms with Crippen LogP contribution in [0.3, 0.4) is 0 Å². The molecule has 2 heterocycles. The van der Waals surface area contributed by atoms with Crippen molar-refractivity contribution in [3.8, 4) is 40.5 Å². The number of nitrogen functional groups attached to an aromatic ring is 1. The highest BCUT2D eigenvalue weighted by molar-refractivity contribution is 7.98. The van der Waals surface area contributed by atoms with Crippen molar-refractivity contribution < 1.29 is 28.2 Å². The molecule has 0 saturated heterocycles. The van der Waals surface area contributed by atoms with Gasteiger partial charge in [0.25, 0.3) is 0 Å². The lowest BCUT2D eigenvalue weighted by atomic mass is 9.97. The van der Waals surface area contributed by atoms with Crippen LogP contribution in [0.25, 0.3) is 22.6 Å². The first kappa shape index (κ1) is 33.8. The summed E-state index contributed by atoms with van der Waals surface area (Å²) in [5, 5.41) is 20.9. The molecule has 1 unspecified atom stereocenters. The number of rotatable bonds is 13. The van der Waals surface area contributed by atoms with Crippen molar-refractivity contribution in [3.63, 3.8) is 0 Å². The number of carbonyl (C=O) groups excluding carboxylic acids is 2. The Hall–Kier alpha value is -5.12. The van der Waals surface area contributed by atoms with Gasteiger partial charge in [0, 0.05) is 21.9 Å². The number of pyridine rings is 1. The van der Waals surface area contributed by atoms with E-state index in [1.54, 1.807) is 48.5 Å². The summed E-state index contributed by atoms with van der Waals surface area (Å²) in [6.45, 7) is 0.654. The van der Waals surface area contributed by atoms with E-state index < -0.39 is 24.1 Å². The number of hydrogen-bond donors (Lipinski definition) is 3. The summed E-state index contributed by atoms with van der Waals surface area (Å²) in [5.74, 6) is -0.315. The molecule has 4 rings (SSSR count). The molecule has 0 amide bonds. The molecule has 2 atom stereocenters. The van der Waals surface area contributed by atoms with Gasteiger partial charge in [-0.15, -0.1) is 0 Å². The molecule has 15 heteroatoms. The van der Waals surface area contributed by atoms with Crippen LogP contribution >= 0.6 is 23.4 Å². The fourth-order valence-corrected chi connectivity index (χ4v) is 4.99. The zero-order valence-electron chi connectivity index (χ0n) is 24.4. The Balaban J connectivity index is 1.52. The van der Waals surface area contributed by atoms with Crippen LogP contribution in [0.4, 0.5) is 5.82 Å². The molecule has 0 radical (unpaired) electrons. The summed E-state index contributed by atoms with van der Waals surface area (Å²) in [6, 6.07) is 16.9. The van der Waals surface area contributed by atoms with E-state index in [0.717, 1.165) is 5.56 Å². The highest BCUT2D eigenvalue weighted by atomic mass is 35.5. The zero-order chi connectivity index (χ0) is 33.2. The Morgan fingerprint density at radius 2 is 1.70 bits per heavy atom. The highest BCUT2D eigenvalue weighted by Gasteiger charge is 2.22. The normalized spacial score (nSPS) is 12.0. The molecule has 0 aliphatic carbocycles. The van der Waals surface area contributed by atoms with Crippen molar-refractivity contribution in [2.24, 2.45) is 11.5 Å². The molecule has 0 aliphatic heterocycles. The minimum absolute atomic E-state index is 0.0350. The SMILES string of the molecule is CC(N)C(=O)OC[C@H](COc1ccc(-c2c(C#N)c(N)nc(SCc3coc(-c4ccc(Cl)cc4)n3)c2C#N)cc1)OC(=O)CN. The number of thioether (sulfide) groups is 1. The summed E-state index contributed by atoms with van der Waals surface area (Å²) in [5.41, 5.74) is 19.4. The van der Waals surface area contributed by atoms with Gasteiger partial charge in [0.05, 0.1) is 17.8 Å². The van der Waals surface area contributed by atoms with Gasteiger partial charge in [0.1, 0.15) is 59.8 Å². The Morgan fingerprint density at radius 3 is 2.33 bits per heavy atom. The fraction of sp³-hybridized carbons (Fsp3) is 0.226. The third-order valence-corrected chi connectivity index (χ3v) is 7.50. The van der Waals surface area contributed by atoms with Crippen molar-refractivity contribution in [2.75, 3.05) is 25.5 Å². The number of nitriles is 2. The predicted molar refractivity (Wildman–Crippen MR) is 169 cm³/mol. The van der Waals surface area contributed by atoms with E-state index in [0.29, 0.717) is 44.3 Å². The van der Waals surface area contributed by atoms with E-state index in [2.05, 4.69) is 16.0 Å². The highest BCUT2D eigenvalue weighted by Crippen LogP contribution is 2.37. The minimum atomic E-state index is -0.944. The molecule has 0 fully saturated rings. The first-order valence-corrected chi connectivity index (χ1v) is 15.0. The fourth-order valence-electron chi connectivity index (χ4n) is 4.00. The van der Waals surface area contributed by atoms with E-state index in [1.807, 2.05) is 6.07 Å². The molecule has 2 aromatic heterocycles. The van der Waals surface area contributed by atoms with Gasteiger partial charge < -0.3 is 35.8 Å². The largest absolute Gasteiger partial charge is 0.490 e. The summed E-state index contributed by atoms with van der Waals surface area (Å²) in [6.07, 6.45) is 0.570. The predicted octanol–water partition coefficient (Wildman–Crippen LogP) is 3.81. The minimum Gasteiger partial charge on any atom is -0.490 e. The van der Waals surface area contributed by atoms with E-state index in [4.69, 9.17) is 47.4 Å². The molecule has 0 saturated carbocycles. The first-order chi connectivity index (χ1) is 22.1. The van der Waals surface area contributed by atoms with Crippen LogP contribution in [0.15, 0.2) is 64.2 Å². The third-order valence-electron chi connectivity index (χ3n) is 6.24. The number of benzene rings is 2. The van der Waals surface area contributed by atoms with Gasteiger partial charge in [0.2, 0.25) is 5.89 Å². The topological polar surface area (TPSA) is 226 Å². The number of carbonyl (C=O) groups is 2. The van der Waals surface area contributed by atoms with Crippen molar-refractivity contribution in [3.05, 3.63) is 76.6 Å². The second-order valence-electron chi connectivity index (χ2n) is 9.66. The maximum absolute atomic E-state index is 11.8. The van der Waals surface area contributed by atoms with Crippen molar-refractivity contribution in [2.45, 2.75) is 29.8 Å². The first-order valence-electron chi connectivity index (χ1n) is 13.6. The maximum atomic E-state index is 11.8. The molecular weight excluding hydrogens is 634 g/mol. The zero-order valence-corrected chi connectivity index (χ0v) is 26.0. The lowest BCUT2D eigenvalue weighted by Crippen LogP contribution is -2.36. The molecular formula is C31H28ClN7O6S. The number of halogens is 1. The molecule has 236 valence electrons. The quantitative estimate of drug-likeness (QED) is 0.137. The van der Waals surface area contributed by atoms with Crippen LogP contribution in [0.5, 0.6) is 5.75 Å². The van der Waals surface area contributed by atoms with E-state index in [-0.39, 0.29) is 36.7 Å². The standard InChI is InChI=1S/C31H28ClN7O6S/c1-17(36)31(41)44-15-23(45-26(40)12-35)14-42-22-8-4-18(5-9-22)27-24(10-33)28(37)39-30(25(27)11-34)46-16-21-13-43-29(38-21)19-2-6-20(32)7-3-19/h2-9,13,17,23H,12,14-16,35-36H2,1H3,(H2,37,39)/t17?,23-/m0/s1. The summed E-state index contributed by atoms with van der Waals surface area (Å²) < 4.78 is 21.6. The Kier molecular flexibility index (Phi) is 11.6. The van der Waals surface area contributed by atoms with Crippen molar-refractivity contribution >= 4 is 41.1 Å². The molecule has 0 spiro atoms. The Labute approximate surface area is 273 Å². The number of aromatic nitrogens is 2. The summed E-state index contributed by atoms with van der Waals surface area (Å²) in [7, 11) is 0. The molecule has 0 bridgehead atoms. The lowest BCUT2D eigenvalue weighted by Gasteiger charge is -2.19. The van der Waals surface area contributed by atoms with Crippen LogP contribution in [-0.4, -0.2) is 53.8 Å². The molecule has 13 nitrogen and oxygen atoms in total. The average molecular weight is 662 g/mol. The van der Waals surface area contributed by atoms with Crippen LogP contribution in [-0.2, 0) is 24.8 Å². The molecule has 2 aromatic carbocycles. The van der Waals surface area contributed by atoms with Gasteiger partial charge in [-0.05, 0) is 48.9 Å². The van der Waals surface area contributed by atoms with Crippen LogP contribution < -0.4 is 21.9 Å². The van der Waals surface area contributed by atoms with Gasteiger partial charge >= 0.3 is 11.9 Å². The van der Waals surface area contributed by atoms with Gasteiger partial charge in [-0.1, -0.05) is 35.5 Å². The number of oxazole rings is 1. The Morgan fingerprint density at radius 1 is 1.02 bits per heavy atom. The maximum Gasteiger partial charge on any atom is 0.322 e. The molecule has 6 N–H and O–H groups in total. The smallest absolute Gasteiger partial charge is 0.322 e. The molecule has 0 aliphatic rings. The number of nitrogens with two attached hydrogens (primary N) is 3. The van der Waals surface area contributed by atoms with Crippen LogP contribution in [0, 0.1) is 22.7 Å². The van der Waals surface area contributed by atoms with E-state index in [9.17, 15) is 20.1 Å². The summed E-state index contributed by atoms with van der Waals surface area (Å²) >= 11 is 7.18. The van der Waals surface area contributed by atoms with Gasteiger partial charge in [-0.2, -0.15) is 10.5 Å². The van der Waals surface area contributed by atoms with Gasteiger partial charge in [-0.3, -0.25) is 9.59 Å². The third kappa shape index (κ3) is 8.53. The number of nitrogens with zero attached hydrogens (tertiary/aromatic N) is 4. The van der Waals surface area contributed by atoms with Crippen LogP contribution in [0.2, 0.25) is 5.02 Å². The van der Waals surface area contributed by atoms with Crippen molar-refractivity contribution in [1.29, 1.82) is 10.5 Å². The van der Waals surface area contributed by atoms with Crippen LogP contribution in [0.1, 0.15) is 23.7 Å². The second kappa shape index (κ2) is 15.7. The van der Waals surface area contributed by atoms with Crippen molar-refractivity contribution in [1.82, 2.24) is 9.97 Å². The van der Waals surface area contributed by atoms with E-state index in [1.165, 1.54) is 24.9 Å². The number of anilines is 1. The van der Waals surface area contributed by atoms with E-state index >= 15 is 0 Å². The summed E-state index contributed by atoms with van der Waals surface area (Å²) in [4.78, 5) is 32.3.